The number of amides is 2. The van der Waals surface area contributed by atoms with Crippen LogP contribution >= 0.6 is 0 Å². The summed E-state index contributed by atoms with van der Waals surface area (Å²) in [6.45, 7) is 5.66. The SMILES string of the molecule is CC(=O)C[C@@H](CCC(=O)NCCOCCOCC(=O)CCCOCCOCC(=O)NCCCC[C@H](N)C(=O)O)C(=O)O.CCCCCCCCCCCCCCCCCC(=O)O. The van der Waals surface area contributed by atoms with E-state index in [1.165, 1.54) is 90.4 Å². The van der Waals surface area contributed by atoms with Gasteiger partial charge in [0.05, 0.1) is 39.0 Å². The van der Waals surface area contributed by atoms with Crippen molar-refractivity contribution >= 4 is 41.3 Å². The second-order valence-corrected chi connectivity index (χ2v) is 15.7. The van der Waals surface area contributed by atoms with Gasteiger partial charge in [0.15, 0.2) is 5.78 Å². The topological polar surface area (TPSA) is 267 Å². The highest BCUT2D eigenvalue weighted by atomic mass is 16.5. The monoisotopic (exact) mass is 890 g/mol. The van der Waals surface area contributed by atoms with Crippen molar-refractivity contribution in [2.75, 3.05) is 65.9 Å². The van der Waals surface area contributed by atoms with E-state index in [4.69, 9.17) is 40.0 Å². The summed E-state index contributed by atoms with van der Waals surface area (Å²) in [5.41, 5.74) is 5.40. The van der Waals surface area contributed by atoms with Crippen LogP contribution in [0.4, 0.5) is 0 Å². The van der Waals surface area contributed by atoms with E-state index in [0.29, 0.717) is 51.7 Å². The number of carboxylic acid groups (broad SMARTS) is 3. The lowest BCUT2D eigenvalue weighted by molar-refractivity contribution is -0.144. The maximum absolute atomic E-state index is 11.8. The molecule has 0 aliphatic rings. The molecule has 7 N–H and O–H groups in total. The van der Waals surface area contributed by atoms with Crippen molar-refractivity contribution in [1.29, 1.82) is 0 Å². The molecule has 0 aromatic carbocycles. The summed E-state index contributed by atoms with van der Waals surface area (Å²) in [6.07, 6.45) is 22.6. The van der Waals surface area contributed by atoms with Gasteiger partial charge < -0.3 is 55.4 Å². The molecule has 0 aromatic rings. The number of Topliss-reactive ketones (excluding diaryl/α,β-unsaturated/α-hetero) is 2. The molecule has 2 atom stereocenters. The Morgan fingerprint density at radius 1 is 0.500 bits per heavy atom. The minimum absolute atomic E-state index is 0.00468. The number of carbonyl (C=O) groups is 7. The summed E-state index contributed by atoms with van der Waals surface area (Å²) in [6, 6.07) is -0.885. The van der Waals surface area contributed by atoms with Gasteiger partial charge in [0, 0.05) is 45.4 Å². The molecule has 17 nitrogen and oxygen atoms in total. The molecule has 0 spiro atoms. The molecule has 0 saturated carbocycles. The van der Waals surface area contributed by atoms with Crippen LogP contribution in [0, 0.1) is 5.92 Å². The number of nitrogens with two attached hydrogens (primary N) is 1. The van der Waals surface area contributed by atoms with Crippen molar-refractivity contribution in [2.45, 2.75) is 174 Å². The Morgan fingerprint density at radius 2 is 1.02 bits per heavy atom. The minimum Gasteiger partial charge on any atom is -0.481 e. The zero-order valence-corrected chi connectivity index (χ0v) is 38.1. The second kappa shape index (κ2) is 45.5. The molecule has 0 rings (SSSR count). The van der Waals surface area contributed by atoms with Gasteiger partial charge in [-0.05, 0) is 45.4 Å². The van der Waals surface area contributed by atoms with Gasteiger partial charge in [-0.15, -0.1) is 0 Å². The molecule has 0 radical (unpaired) electrons. The quantitative estimate of drug-likeness (QED) is 0.0382. The van der Waals surface area contributed by atoms with Crippen molar-refractivity contribution in [3.05, 3.63) is 0 Å². The van der Waals surface area contributed by atoms with Gasteiger partial charge in [0.1, 0.15) is 25.0 Å². The lowest BCUT2D eigenvalue weighted by Crippen LogP contribution is -2.31. The van der Waals surface area contributed by atoms with Gasteiger partial charge in [-0.2, -0.15) is 0 Å². The highest BCUT2D eigenvalue weighted by molar-refractivity contribution is 5.83. The van der Waals surface area contributed by atoms with Crippen molar-refractivity contribution in [1.82, 2.24) is 10.6 Å². The van der Waals surface area contributed by atoms with Gasteiger partial charge in [-0.25, -0.2) is 0 Å². The average molecular weight is 890 g/mol. The van der Waals surface area contributed by atoms with Crippen molar-refractivity contribution in [3.8, 4) is 0 Å². The number of aliphatic carboxylic acids is 3. The maximum atomic E-state index is 11.8. The summed E-state index contributed by atoms with van der Waals surface area (Å²) >= 11 is 0. The first kappa shape index (κ1) is 60.6. The first-order valence-electron chi connectivity index (χ1n) is 23.1. The molecule has 62 heavy (non-hydrogen) atoms. The number of ether oxygens (including phenoxy) is 4. The van der Waals surface area contributed by atoms with Gasteiger partial charge in [-0.3, -0.25) is 28.8 Å². The molecule has 0 aliphatic heterocycles. The van der Waals surface area contributed by atoms with E-state index < -0.39 is 29.9 Å². The molecule has 2 amide bonds. The van der Waals surface area contributed by atoms with E-state index in [2.05, 4.69) is 17.6 Å². The Labute approximate surface area is 370 Å². The van der Waals surface area contributed by atoms with Crippen LogP contribution in [0.25, 0.3) is 0 Å². The fourth-order valence-electron chi connectivity index (χ4n) is 6.09. The summed E-state index contributed by atoms with van der Waals surface area (Å²) in [7, 11) is 0. The molecule has 0 aliphatic carbocycles. The van der Waals surface area contributed by atoms with Crippen molar-refractivity contribution in [3.63, 3.8) is 0 Å². The lowest BCUT2D eigenvalue weighted by atomic mass is 9.97. The third kappa shape index (κ3) is 47.5. The first-order valence-corrected chi connectivity index (χ1v) is 23.1. The number of hydrogen-bond donors (Lipinski definition) is 6. The smallest absolute Gasteiger partial charge is 0.320 e. The van der Waals surface area contributed by atoms with Crippen LogP contribution < -0.4 is 16.4 Å². The van der Waals surface area contributed by atoms with Gasteiger partial charge in [0.2, 0.25) is 11.8 Å². The van der Waals surface area contributed by atoms with E-state index in [-0.39, 0.29) is 95.4 Å². The maximum Gasteiger partial charge on any atom is 0.320 e. The molecule has 0 heterocycles. The molecule has 0 bridgehead atoms. The third-order valence-corrected chi connectivity index (χ3v) is 9.73. The Kier molecular flexibility index (Phi) is 44.5. The highest BCUT2D eigenvalue weighted by Crippen LogP contribution is 2.14. The molecule has 0 unspecified atom stereocenters. The van der Waals surface area contributed by atoms with Crippen LogP contribution in [0.15, 0.2) is 0 Å². The van der Waals surface area contributed by atoms with Crippen LogP contribution in [-0.2, 0) is 52.5 Å². The standard InChI is InChI=1S/C27H47N3O12.C18H36O2/c1-20(31)17-21(26(35)36)7-8-24(33)30-10-12-40-14-15-41-18-22(32)5-4-11-39-13-16-42-19-25(34)29-9-3-2-6-23(28)27(37)38;1-2-3-4-5-6-7-8-9-10-11-12-13-14-15-16-17-18(19)20/h21,23H,2-19,28H2,1H3,(H,29,34)(H,30,33)(H,35,36)(H,37,38);2-17H2,1H3,(H,19,20)/t21-,23+;/m1./s1. The Balaban J connectivity index is 0. The number of nitrogens with one attached hydrogen (secondary N) is 2. The second-order valence-electron chi connectivity index (χ2n) is 15.7. The molecule has 17 heteroatoms. The predicted octanol–water partition coefficient (Wildman–Crippen LogP) is 6.01. The number of carboxylic acids is 3. The van der Waals surface area contributed by atoms with Crippen LogP contribution in [0.5, 0.6) is 0 Å². The van der Waals surface area contributed by atoms with E-state index in [1.807, 2.05) is 0 Å². The normalized spacial score (nSPS) is 11.9. The molecule has 0 saturated heterocycles. The summed E-state index contributed by atoms with van der Waals surface area (Å²) in [5, 5.41) is 31.6. The summed E-state index contributed by atoms with van der Waals surface area (Å²) in [4.78, 5) is 78.4. The molecule has 362 valence electrons. The van der Waals surface area contributed by atoms with Crippen LogP contribution in [0.1, 0.15) is 168 Å². The van der Waals surface area contributed by atoms with Gasteiger partial charge >= 0.3 is 17.9 Å². The summed E-state index contributed by atoms with van der Waals surface area (Å²) in [5.74, 6) is -4.56. The van der Waals surface area contributed by atoms with E-state index in [1.54, 1.807) is 0 Å². The van der Waals surface area contributed by atoms with Crippen molar-refractivity contribution in [2.24, 2.45) is 11.7 Å². The number of unbranched alkanes of at least 4 members (excludes halogenated alkanes) is 15. The first-order chi connectivity index (χ1) is 29.8. The minimum atomic E-state index is -1.09. The predicted molar refractivity (Wildman–Crippen MR) is 236 cm³/mol. The number of rotatable bonds is 45. The van der Waals surface area contributed by atoms with E-state index >= 15 is 0 Å². The zero-order chi connectivity index (χ0) is 46.5. The fourth-order valence-corrected chi connectivity index (χ4v) is 6.09. The number of ketones is 2. The Bertz CT molecular complexity index is 1170. The van der Waals surface area contributed by atoms with Crippen LogP contribution in [-0.4, -0.2) is 129 Å². The Morgan fingerprint density at radius 3 is 1.55 bits per heavy atom. The molecule has 0 fully saturated rings. The highest BCUT2D eigenvalue weighted by Gasteiger charge is 2.20. The largest absolute Gasteiger partial charge is 0.481 e. The molecular weight excluding hydrogens is 807 g/mol. The zero-order valence-electron chi connectivity index (χ0n) is 38.1. The average Bonchev–Trinajstić information content (AvgIpc) is 3.22. The van der Waals surface area contributed by atoms with Crippen molar-refractivity contribution < 1.29 is 67.8 Å². The fraction of sp³-hybridized carbons (Fsp3) is 0.844. The summed E-state index contributed by atoms with van der Waals surface area (Å²) < 4.78 is 21.2. The lowest BCUT2D eigenvalue weighted by Gasteiger charge is -2.11. The van der Waals surface area contributed by atoms with E-state index in [0.717, 1.165) is 12.8 Å². The van der Waals surface area contributed by atoms with Gasteiger partial charge in [0.25, 0.3) is 0 Å². The molecule has 0 aromatic heterocycles. The number of hydrogen-bond acceptors (Lipinski definition) is 12. The molecular formula is C45H83N3O14. The third-order valence-electron chi connectivity index (χ3n) is 9.73. The van der Waals surface area contributed by atoms with E-state index in [9.17, 15) is 33.6 Å². The van der Waals surface area contributed by atoms with Gasteiger partial charge in [-0.1, -0.05) is 96.8 Å². The number of carbonyl (C=O) groups excluding carboxylic acids is 4. The van der Waals surface area contributed by atoms with Crippen LogP contribution in [0.2, 0.25) is 0 Å². The Hall–Kier alpha value is -3.51. The van der Waals surface area contributed by atoms with Crippen LogP contribution in [0.3, 0.4) is 0 Å².